The largest absolute Gasteiger partial charge is 0.395 e. The van der Waals surface area contributed by atoms with Crippen LogP contribution in [0.25, 0.3) is 0 Å². The van der Waals surface area contributed by atoms with Gasteiger partial charge >= 0.3 is 0 Å². The van der Waals surface area contributed by atoms with Gasteiger partial charge in [0.15, 0.2) is 0 Å². The zero-order valence-corrected chi connectivity index (χ0v) is 17.5. The quantitative estimate of drug-likeness (QED) is 0.801. The average Bonchev–Trinajstić information content (AvgIpc) is 2.77. The number of fused-ring (bicyclic) bond motifs is 1. The van der Waals surface area contributed by atoms with Gasteiger partial charge in [-0.1, -0.05) is 30.9 Å². The Morgan fingerprint density at radius 2 is 1.90 bits per heavy atom. The molecule has 0 spiro atoms. The molecule has 0 aliphatic carbocycles. The highest BCUT2D eigenvalue weighted by Gasteiger charge is 2.49. The molecule has 2 aromatic rings. The van der Waals surface area contributed by atoms with Gasteiger partial charge in [0.25, 0.3) is 0 Å². The zero-order valence-electron chi connectivity index (χ0n) is 17.5. The molecule has 3 heterocycles. The third kappa shape index (κ3) is 4.26. The molecule has 0 unspecified atom stereocenters. The van der Waals surface area contributed by atoms with E-state index in [0.717, 1.165) is 43.6 Å². The number of hydrogen-bond acceptors (Lipinski definition) is 4. The van der Waals surface area contributed by atoms with E-state index in [2.05, 4.69) is 33.9 Å². The number of aromatic nitrogens is 1. The summed E-state index contributed by atoms with van der Waals surface area (Å²) in [6.45, 7) is 4.66. The van der Waals surface area contributed by atoms with Crippen LogP contribution < -0.4 is 0 Å². The van der Waals surface area contributed by atoms with E-state index >= 15 is 0 Å². The number of carbonyl (C=O) groups is 1. The first-order valence-corrected chi connectivity index (χ1v) is 10.9. The first kappa shape index (κ1) is 20.6. The van der Waals surface area contributed by atoms with Gasteiger partial charge in [-0.2, -0.15) is 0 Å². The van der Waals surface area contributed by atoms with Gasteiger partial charge in [0, 0.05) is 61.0 Å². The Hall–Kier alpha value is -2.68. The molecule has 30 heavy (non-hydrogen) atoms. The van der Waals surface area contributed by atoms with Gasteiger partial charge in [0.05, 0.1) is 6.61 Å². The van der Waals surface area contributed by atoms with Crippen LogP contribution in [0.5, 0.6) is 0 Å². The maximum absolute atomic E-state index is 12.4. The van der Waals surface area contributed by atoms with Gasteiger partial charge in [-0.3, -0.25) is 14.7 Å². The smallest absolute Gasteiger partial charge is 0.222 e. The lowest BCUT2D eigenvalue weighted by atomic mass is 9.74. The second-order valence-corrected chi connectivity index (χ2v) is 8.10. The fraction of sp³-hybridized carbons (Fsp3) is 0.440. The Bertz CT molecular complexity index is 917. The molecule has 2 aliphatic heterocycles. The molecule has 0 radical (unpaired) electrons. The summed E-state index contributed by atoms with van der Waals surface area (Å²) in [5.41, 5.74) is 3.07. The fourth-order valence-electron chi connectivity index (χ4n) is 4.76. The van der Waals surface area contributed by atoms with Crippen LogP contribution in [0.1, 0.15) is 48.8 Å². The minimum Gasteiger partial charge on any atom is -0.395 e. The van der Waals surface area contributed by atoms with Crippen molar-refractivity contribution in [2.24, 2.45) is 0 Å². The number of hydrogen-bond donors (Lipinski definition) is 1. The summed E-state index contributed by atoms with van der Waals surface area (Å²) in [6.07, 6.45) is 6.14. The number of benzene rings is 1. The highest BCUT2D eigenvalue weighted by atomic mass is 16.3. The molecule has 156 valence electrons. The number of carbonyl (C=O) groups excluding carboxylic acids is 1. The predicted octanol–water partition coefficient (Wildman–Crippen LogP) is 2.64. The van der Waals surface area contributed by atoms with Crippen molar-refractivity contribution in [2.75, 3.05) is 26.2 Å². The molecule has 5 nitrogen and oxygen atoms in total. The monoisotopic (exact) mass is 403 g/mol. The van der Waals surface area contributed by atoms with Crippen LogP contribution in [0.3, 0.4) is 0 Å². The van der Waals surface area contributed by atoms with Crippen LogP contribution in [-0.2, 0) is 4.79 Å². The van der Waals surface area contributed by atoms with Gasteiger partial charge in [-0.25, -0.2) is 0 Å². The second kappa shape index (κ2) is 9.42. The van der Waals surface area contributed by atoms with Crippen molar-refractivity contribution in [1.82, 2.24) is 14.8 Å². The van der Waals surface area contributed by atoms with Crippen LogP contribution in [-0.4, -0.2) is 64.1 Å². The average molecular weight is 404 g/mol. The highest BCUT2D eigenvalue weighted by molar-refractivity contribution is 5.75. The lowest BCUT2D eigenvalue weighted by Crippen LogP contribution is -2.67. The Morgan fingerprint density at radius 1 is 1.13 bits per heavy atom. The minimum absolute atomic E-state index is 0.124. The van der Waals surface area contributed by atoms with Crippen molar-refractivity contribution < 1.29 is 9.90 Å². The van der Waals surface area contributed by atoms with Gasteiger partial charge in [-0.05, 0) is 49.2 Å². The van der Waals surface area contributed by atoms with E-state index in [0.29, 0.717) is 6.42 Å². The molecule has 1 N–H and O–H groups in total. The maximum atomic E-state index is 12.4. The van der Waals surface area contributed by atoms with Crippen molar-refractivity contribution in [1.29, 1.82) is 0 Å². The van der Waals surface area contributed by atoms with Crippen molar-refractivity contribution in [3.05, 3.63) is 65.5 Å². The standard InChI is InChI=1S/C25H29N3O2/c1-2-24(30)27-14-3-4-15-28-22(17-27)25(23(28)18-29)21-11-9-19(10-12-21)7-8-20-6-5-13-26-16-20/h5-6,9-13,16,22-23,25,29H,2-4,14-15,17-18H2,1H3/t22-,23-,25+/m0/s1. The summed E-state index contributed by atoms with van der Waals surface area (Å²) in [5.74, 6) is 6.79. The van der Waals surface area contributed by atoms with E-state index in [4.69, 9.17) is 0 Å². The lowest BCUT2D eigenvalue weighted by molar-refractivity contribution is -0.136. The first-order valence-electron chi connectivity index (χ1n) is 10.9. The molecule has 1 amide bonds. The van der Waals surface area contributed by atoms with Crippen molar-refractivity contribution in [3.8, 4) is 11.8 Å². The third-order valence-corrected chi connectivity index (χ3v) is 6.33. The van der Waals surface area contributed by atoms with Crippen LogP contribution in [0.15, 0.2) is 48.8 Å². The Morgan fingerprint density at radius 3 is 2.60 bits per heavy atom. The fourth-order valence-corrected chi connectivity index (χ4v) is 4.76. The molecule has 3 atom stereocenters. The zero-order chi connectivity index (χ0) is 20.9. The first-order chi connectivity index (χ1) is 14.7. The molecule has 0 bridgehead atoms. The molecule has 2 saturated heterocycles. The summed E-state index contributed by atoms with van der Waals surface area (Å²) in [5, 5.41) is 10.1. The Balaban J connectivity index is 1.53. The molecule has 5 heteroatoms. The van der Waals surface area contributed by atoms with E-state index in [1.165, 1.54) is 5.56 Å². The van der Waals surface area contributed by atoms with Crippen molar-refractivity contribution >= 4 is 5.91 Å². The maximum Gasteiger partial charge on any atom is 0.222 e. The molecule has 2 aliphatic rings. The van der Waals surface area contributed by atoms with E-state index in [1.54, 1.807) is 12.4 Å². The van der Waals surface area contributed by atoms with Crippen LogP contribution >= 0.6 is 0 Å². The molecule has 1 aromatic heterocycles. The van der Waals surface area contributed by atoms with Gasteiger partial charge in [0.1, 0.15) is 0 Å². The summed E-state index contributed by atoms with van der Waals surface area (Å²) in [4.78, 5) is 20.9. The summed E-state index contributed by atoms with van der Waals surface area (Å²) >= 11 is 0. The molecule has 2 fully saturated rings. The summed E-state index contributed by atoms with van der Waals surface area (Å²) < 4.78 is 0. The molecular weight excluding hydrogens is 374 g/mol. The van der Waals surface area contributed by atoms with E-state index < -0.39 is 0 Å². The number of nitrogens with zero attached hydrogens (tertiary/aromatic N) is 3. The van der Waals surface area contributed by atoms with Gasteiger partial charge in [-0.15, -0.1) is 0 Å². The molecule has 0 saturated carbocycles. The number of aliphatic hydroxyl groups is 1. The van der Waals surface area contributed by atoms with Crippen molar-refractivity contribution in [3.63, 3.8) is 0 Å². The van der Waals surface area contributed by atoms with E-state index in [9.17, 15) is 9.90 Å². The summed E-state index contributed by atoms with van der Waals surface area (Å²) in [7, 11) is 0. The Labute approximate surface area is 178 Å². The predicted molar refractivity (Wildman–Crippen MR) is 117 cm³/mol. The lowest BCUT2D eigenvalue weighted by Gasteiger charge is -2.57. The highest BCUT2D eigenvalue weighted by Crippen LogP contribution is 2.42. The van der Waals surface area contributed by atoms with Crippen LogP contribution in [0.4, 0.5) is 0 Å². The minimum atomic E-state index is 0.124. The molecule has 4 rings (SSSR count). The van der Waals surface area contributed by atoms with Crippen LogP contribution in [0, 0.1) is 11.8 Å². The number of rotatable bonds is 3. The number of aliphatic hydroxyl groups excluding tert-OH is 1. The topological polar surface area (TPSA) is 56.7 Å². The van der Waals surface area contributed by atoms with Crippen molar-refractivity contribution in [2.45, 2.75) is 44.2 Å². The second-order valence-electron chi connectivity index (χ2n) is 8.10. The summed E-state index contributed by atoms with van der Waals surface area (Å²) in [6, 6.07) is 12.6. The van der Waals surface area contributed by atoms with Gasteiger partial charge < -0.3 is 10.0 Å². The Kier molecular flexibility index (Phi) is 6.47. The van der Waals surface area contributed by atoms with Gasteiger partial charge in [0.2, 0.25) is 5.91 Å². The van der Waals surface area contributed by atoms with Crippen LogP contribution in [0.2, 0.25) is 0 Å². The normalized spacial score (nSPS) is 23.9. The third-order valence-electron chi connectivity index (χ3n) is 6.33. The van der Waals surface area contributed by atoms with E-state index in [-0.39, 0.29) is 30.5 Å². The number of amides is 1. The SMILES string of the molecule is CCC(=O)N1CCCCN2[C@@H](CO)[C@H](c3ccc(C#Cc4cccnc4)cc3)[C@@H]2C1. The number of pyridine rings is 1. The van der Waals surface area contributed by atoms with E-state index in [1.807, 2.05) is 36.1 Å². The molecular formula is C25H29N3O2. The molecule has 1 aromatic carbocycles.